The maximum absolute atomic E-state index is 11.6. The smallest absolute Gasteiger partial charge is 0.308 e. The lowest BCUT2D eigenvalue weighted by Gasteiger charge is -2.29. The molecule has 0 aromatic carbocycles. The monoisotopic (exact) mass is 301 g/mol. The highest BCUT2D eigenvalue weighted by Gasteiger charge is 2.30. The molecule has 0 aromatic heterocycles. The van der Waals surface area contributed by atoms with Crippen LogP contribution >= 0.6 is 0 Å². The summed E-state index contributed by atoms with van der Waals surface area (Å²) < 4.78 is 5.52. The maximum atomic E-state index is 11.6. The SMILES string of the molecule is CCC[C@H](NOC1CCCCO1)[C@@H](CC(C)CC)C(=O)O. The van der Waals surface area contributed by atoms with Crippen LogP contribution in [0, 0.1) is 11.8 Å². The van der Waals surface area contributed by atoms with Crippen molar-refractivity contribution >= 4 is 5.97 Å². The number of carboxylic acids is 1. The van der Waals surface area contributed by atoms with Gasteiger partial charge < -0.3 is 9.84 Å². The van der Waals surface area contributed by atoms with E-state index in [9.17, 15) is 9.90 Å². The Kier molecular flexibility index (Phi) is 8.88. The van der Waals surface area contributed by atoms with E-state index in [0.717, 1.165) is 45.1 Å². The Morgan fingerprint density at radius 3 is 2.71 bits per heavy atom. The molecule has 2 unspecified atom stereocenters. The summed E-state index contributed by atoms with van der Waals surface area (Å²) >= 11 is 0. The van der Waals surface area contributed by atoms with E-state index in [2.05, 4.69) is 26.3 Å². The fourth-order valence-electron chi connectivity index (χ4n) is 2.66. The molecule has 0 spiro atoms. The van der Waals surface area contributed by atoms with Gasteiger partial charge in [-0.3, -0.25) is 9.63 Å². The lowest BCUT2D eigenvalue weighted by atomic mass is 9.87. The molecule has 0 saturated carbocycles. The van der Waals surface area contributed by atoms with Crippen LogP contribution in [0.25, 0.3) is 0 Å². The predicted molar refractivity (Wildman–Crippen MR) is 81.7 cm³/mol. The van der Waals surface area contributed by atoms with Crippen LogP contribution in [0.3, 0.4) is 0 Å². The number of hydrogen-bond donors (Lipinski definition) is 2. The molecular weight excluding hydrogens is 270 g/mol. The highest BCUT2D eigenvalue weighted by molar-refractivity contribution is 5.70. The van der Waals surface area contributed by atoms with Crippen LogP contribution in [0.1, 0.15) is 65.7 Å². The van der Waals surface area contributed by atoms with Gasteiger partial charge in [0.2, 0.25) is 0 Å². The van der Waals surface area contributed by atoms with E-state index >= 15 is 0 Å². The molecule has 0 amide bonds. The minimum atomic E-state index is -0.741. The first kappa shape index (κ1) is 18.4. The molecular formula is C16H31NO4. The standard InChI is InChI=1S/C16H31NO4/c1-4-8-14(13(16(18)19)11-12(3)5-2)17-21-15-9-6-7-10-20-15/h12-15,17H,4-11H2,1-3H3,(H,18,19)/t12?,13-,14+,15?/m1/s1. The number of nitrogens with one attached hydrogen (secondary N) is 1. The van der Waals surface area contributed by atoms with E-state index in [0.29, 0.717) is 12.3 Å². The van der Waals surface area contributed by atoms with Crippen molar-refractivity contribution in [2.24, 2.45) is 11.8 Å². The second-order valence-corrected chi connectivity index (χ2v) is 6.12. The number of ether oxygens (including phenoxy) is 1. The summed E-state index contributed by atoms with van der Waals surface area (Å²) in [5, 5.41) is 9.52. The quantitative estimate of drug-likeness (QED) is 0.606. The van der Waals surface area contributed by atoms with Gasteiger partial charge in [0.15, 0.2) is 6.29 Å². The zero-order chi connectivity index (χ0) is 15.7. The molecule has 1 rings (SSSR count). The summed E-state index contributed by atoms with van der Waals surface area (Å²) in [5.74, 6) is -0.754. The van der Waals surface area contributed by atoms with Gasteiger partial charge in [-0.05, 0) is 31.6 Å². The number of aliphatic carboxylic acids is 1. The minimum Gasteiger partial charge on any atom is -0.481 e. The van der Waals surface area contributed by atoms with Crippen LogP contribution < -0.4 is 5.48 Å². The number of hydroxylamine groups is 1. The molecule has 21 heavy (non-hydrogen) atoms. The molecule has 5 heteroatoms. The van der Waals surface area contributed by atoms with Crippen molar-refractivity contribution in [2.75, 3.05) is 6.61 Å². The van der Waals surface area contributed by atoms with Crippen molar-refractivity contribution in [3.8, 4) is 0 Å². The van der Waals surface area contributed by atoms with E-state index in [1.54, 1.807) is 0 Å². The van der Waals surface area contributed by atoms with Gasteiger partial charge >= 0.3 is 5.97 Å². The Balaban J connectivity index is 2.55. The van der Waals surface area contributed by atoms with Crippen molar-refractivity contribution in [3.05, 3.63) is 0 Å². The number of rotatable bonds is 10. The molecule has 0 aromatic rings. The Morgan fingerprint density at radius 1 is 1.43 bits per heavy atom. The Bertz CT molecular complexity index is 292. The van der Waals surface area contributed by atoms with Gasteiger partial charge in [0, 0.05) is 19.1 Å². The van der Waals surface area contributed by atoms with E-state index in [-0.39, 0.29) is 12.3 Å². The van der Waals surface area contributed by atoms with Crippen molar-refractivity contribution in [1.29, 1.82) is 0 Å². The highest BCUT2D eigenvalue weighted by Crippen LogP contribution is 2.22. The van der Waals surface area contributed by atoms with Crippen molar-refractivity contribution in [3.63, 3.8) is 0 Å². The Labute approximate surface area is 128 Å². The van der Waals surface area contributed by atoms with E-state index in [1.165, 1.54) is 0 Å². The molecule has 0 bridgehead atoms. The van der Waals surface area contributed by atoms with Gasteiger partial charge in [-0.1, -0.05) is 33.6 Å². The van der Waals surface area contributed by atoms with Gasteiger partial charge in [0.1, 0.15) is 0 Å². The molecule has 124 valence electrons. The number of carboxylic acid groups (broad SMARTS) is 1. The molecule has 0 aliphatic carbocycles. The van der Waals surface area contributed by atoms with Gasteiger partial charge in [-0.2, -0.15) is 5.48 Å². The van der Waals surface area contributed by atoms with Gasteiger partial charge in [0.05, 0.1) is 5.92 Å². The number of carbonyl (C=O) groups is 1. The van der Waals surface area contributed by atoms with Crippen molar-refractivity contribution in [2.45, 2.75) is 78.0 Å². The van der Waals surface area contributed by atoms with E-state index < -0.39 is 11.9 Å². The first-order chi connectivity index (χ1) is 10.1. The van der Waals surface area contributed by atoms with Gasteiger partial charge in [0.25, 0.3) is 0 Å². The fraction of sp³-hybridized carbons (Fsp3) is 0.938. The molecule has 4 atom stereocenters. The molecule has 1 fully saturated rings. The summed E-state index contributed by atoms with van der Waals surface area (Å²) in [7, 11) is 0. The van der Waals surface area contributed by atoms with Crippen LogP contribution in [0.15, 0.2) is 0 Å². The Morgan fingerprint density at radius 2 is 2.19 bits per heavy atom. The summed E-state index contributed by atoms with van der Waals surface area (Å²) in [4.78, 5) is 17.2. The first-order valence-corrected chi connectivity index (χ1v) is 8.34. The molecule has 1 heterocycles. The summed E-state index contributed by atoms with van der Waals surface area (Å²) in [6.07, 6.45) is 6.19. The second-order valence-electron chi connectivity index (χ2n) is 6.12. The van der Waals surface area contributed by atoms with Crippen LogP contribution in [0.5, 0.6) is 0 Å². The summed E-state index contributed by atoms with van der Waals surface area (Å²) in [6, 6.07) is -0.160. The average molecular weight is 301 g/mol. The van der Waals surface area contributed by atoms with Gasteiger partial charge in [-0.15, -0.1) is 0 Å². The first-order valence-electron chi connectivity index (χ1n) is 8.34. The minimum absolute atomic E-state index is 0.160. The predicted octanol–water partition coefficient (Wildman–Crippen LogP) is 3.34. The van der Waals surface area contributed by atoms with E-state index in [4.69, 9.17) is 9.57 Å². The second kappa shape index (κ2) is 10.1. The highest BCUT2D eigenvalue weighted by atomic mass is 16.8. The van der Waals surface area contributed by atoms with Gasteiger partial charge in [-0.25, -0.2) is 0 Å². The van der Waals surface area contributed by atoms with Crippen LogP contribution in [-0.2, 0) is 14.4 Å². The fourth-order valence-corrected chi connectivity index (χ4v) is 2.66. The molecule has 2 N–H and O–H groups in total. The number of hydrogen-bond acceptors (Lipinski definition) is 4. The molecule has 5 nitrogen and oxygen atoms in total. The third-order valence-corrected chi connectivity index (χ3v) is 4.24. The largest absolute Gasteiger partial charge is 0.481 e. The van der Waals surface area contributed by atoms with Crippen molar-refractivity contribution in [1.82, 2.24) is 5.48 Å². The average Bonchev–Trinajstić information content (AvgIpc) is 2.49. The third kappa shape index (κ3) is 6.76. The lowest BCUT2D eigenvalue weighted by molar-refractivity contribution is -0.208. The lowest BCUT2D eigenvalue weighted by Crippen LogP contribution is -2.43. The van der Waals surface area contributed by atoms with Crippen LogP contribution in [0.4, 0.5) is 0 Å². The third-order valence-electron chi connectivity index (χ3n) is 4.24. The molecule has 1 aliphatic rings. The van der Waals surface area contributed by atoms with Crippen LogP contribution in [0.2, 0.25) is 0 Å². The maximum Gasteiger partial charge on any atom is 0.308 e. The van der Waals surface area contributed by atoms with E-state index in [1.807, 2.05) is 0 Å². The summed E-state index contributed by atoms with van der Waals surface area (Å²) in [6.45, 7) is 6.98. The zero-order valence-electron chi connectivity index (χ0n) is 13.6. The summed E-state index contributed by atoms with van der Waals surface area (Å²) in [5.41, 5.74) is 3.00. The molecule has 1 aliphatic heterocycles. The molecule has 0 radical (unpaired) electrons. The molecule has 1 saturated heterocycles. The topological polar surface area (TPSA) is 67.8 Å². The Hall–Kier alpha value is -0.650. The van der Waals surface area contributed by atoms with Crippen LogP contribution in [-0.4, -0.2) is 30.0 Å². The van der Waals surface area contributed by atoms with Crippen molar-refractivity contribution < 1.29 is 19.5 Å². The zero-order valence-corrected chi connectivity index (χ0v) is 13.6. The normalized spacial score (nSPS) is 23.5.